The highest BCUT2D eigenvalue weighted by molar-refractivity contribution is 5.94. The summed E-state index contributed by atoms with van der Waals surface area (Å²) in [7, 11) is 1.90. The summed E-state index contributed by atoms with van der Waals surface area (Å²) in [6.45, 7) is 1.89. The molecule has 1 aromatic carbocycles. The molecule has 3 rings (SSSR count). The van der Waals surface area contributed by atoms with Crippen molar-refractivity contribution in [2.75, 3.05) is 0 Å². The lowest BCUT2D eigenvalue weighted by Gasteiger charge is -2.15. The molecule has 1 heterocycles. The maximum Gasteiger partial charge on any atom is 0.274 e. The van der Waals surface area contributed by atoms with E-state index in [0.717, 1.165) is 24.1 Å². The molecule has 6 heteroatoms. The Bertz CT molecular complexity index is 834. The number of fused-ring (bicyclic) bond motifs is 1. The van der Waals surface area contributed by atoms with Crippen LogP contribution in [0.3, 0.4) is 0 Å². The summed E-state index contributed by atoms with van der Waals surface area (Å²) in [6, 6.07) is 8.48. The second kappa shape index (κ2) is 6.94. The van der Waals surface area contributed by atoms with Gasteiger partial charge < -0.3 is 9.88 Å². The number of aryl methyl sites for hydroxylation is 1. The third-order valence-corrected chi connectivity index (χ3v) is 4.57. The molecule has 0 bridgehead atoms. The molecule has 0 saturated carbocycles. The van der Waals surface area contributed by atoms with E-state index in [-0.39, 0.29) is 11.9 Å². The van der Waals surface area contributed by atoms with Crippen LogP contribution in [-0.4, -0.2) is 21.6 Å². The average Bonchev–Trinajstić information content (AvgIpc) is 2.98. The van der Waals surface area contributed by atoms with Crippen LogP contribution in [0.1, 0.15) is 57.1 Å². The third kappa shape index (κ3) is 3.34. The van der Waals surface area contributed by atoms with E-state index >= 15 is 0 Å². The van der Waals surface area contributed by atoms with Gasteiger partial charge in [0.05, 0.1) is 6.04 Å². The molecule has 0 fully saturated rings. The lowest BCUT2D eigenvalue weighted by molar-refractivity contribution is 0.0706. The minimum absolute atomic E-state index is 0.130. The van der Waals surface area contributed by atoms with Gasteiger partial charge in [0.2, 0.25) is 0 Å². The molecule has 1 aliphatic carbocycles. The Kier molecular flexibility index (Phi) is 4.72. The van der Waals surface area contributed by atoms with Crippen molar-refractivity contribution in [3.63, 3.8) is 0 Å². The molecule has 0 spiro atoms. The first-order valence-corrected chi connectivity index (χ1v) is 8.21. The molecule has 6 nitrogen and oxygen atoms in total. The van der Waals surface area contributed by atoms with Gasteiger partial charge in [-0.15, -0.1) is 0 Å². The number of aromatic nitrogens is 1. The first-order chi connectivity index (χ1) is 12.0. The van der Waals surface area contributed by atoms with Crippen molar-refractivity contribution in [3.05, 3.63) is 64.5 Å². The van der Waals surface area contributed by atoms with Gasteiger partial charge in [0.1, 0.15) is 5.69 Å². The molecule has 0 radical (unpaired) electrons. The van der Waals surface area contributed by atoms with Gasteiger partial charge in [0.15, 0.2) is 0 Å². The zero-order chi connectivity index (χ0) is 18.0. The van der Waals surface area contributed by atoms with Crippen molar-refractivity contribution in [2.45, 2.75) is 25.8 Å². The predicted octanol–water partition coefficient (Wildman–Crippen LogP) is 2.59. The van der Waals surface area contributed by atoms with Crippen molar-refractivity contribution in [2.24, 2.45) is 7.05 Å². The molecule has 3 N–H and O–H groups in total. The highest BCUT2D eigenvalue weighted by Crippen LogP contribution is 2.23. The monoisotopic (exact) mass is 339 g/mol. The van der Waals surface area contributed by atoms with Gasteiger partial charge in [-0.1, -0.05) is 18.2 Å². The summed E-state index contributed by atoms with van der Waals surface area (Å²) < 4.78 is 1.92. The quantitative estimate of drug-likeness (QED) is 0.591. The van der Waals surface area contributed by atoms with E-state index < -0.39 is 5.91 Å². The first-order valence-electron chi connectivity index (χ1n) is 8.21. The number of amides is 2. The Morgan fingerprint density at radius 3 is 2.56 bits per heavy atom. The summed E-state index contributed by atoms with van der Waals surface area (Å²) in [5, 5.41) is 11.6. The number of carbonyl (C=O) groups excluding carboxylic acids is 2. The molecule has 2 aromatic rings. The highest BCUT2D eigenvalue weighted by Gasteiger charge is 2.19. The Hall–Kier alpha value is -2.86. The topological polar surface area (TPSA) is 83.4 Å². The lowest BCUT2D eigenvalue weighted by Crippen LogP contribution is -2.28. The zero-order valence-corrected chi connectivity index (χ0v) is 14.2. The van der Waals surface area contributed by atoms with E-state index in [1.807, 2.05) is 24.6 Å². The fraction of sp³-hybridized carbons (Fsp3) is 0.263. The van der Waals surface area contributed by atoms with Crippen LogP contribution in [0.4, 0.5) is 0 Å². The van der Waals surface area contributed by atoms with E-state index in [4.69, 9.17) is 5.21 Å². The van der Waals surface area contributed by atoms with E-state index in [0.29, 0.717) is 11.3 Å². The van der Waals surface area contributed by atoms with E-state index in [2.05, 4.69) is 17.5 Å². The largest absolute Gasteiger partial charge is 0.344 e. The van der Waals surface area contributed by atoms with E-state index in [1.165, 1.54) is 5.56 Å². The average molecular weight is 339 g/mol. The molecule has 0 aliphatic heterocycles. The number of nitrogens with one attached hydrogen (secondary N) is 2. The maximum absolute atomic E-state index is 12.6. The van der Waals surface area contributed by atoms with Crippen molar-refractivity contribution in [1.29, 1.82) is 0 Å². The number of benzene rings is 1. The highest BCUT2D eigenvalue weighted by atomic mass is 16.5. The third-order valence-electron chi connectivity index (χ3n) is 4.57. The molecule has 2 amide bonds. The number of hydrogen-bond acceptors (Lipinski definition) is 3. The van der Waals surface area contributed by atoms with Crippen LogP contribution in [0.25, 0.3) is 6.08 Å². The van der Waals surface area contributed by atoms with Crippen LogP contribution < -0.4 is 10.8 Å². The molecule has 130 valence electrons. The molecular formula is C19H21N3O3. The minimum Gasteiger partial charge on any atom is -0.344 e. The van der Waals surface area contributed by atoms with Gasteiger partial charge in [0, 0.05) is 18.3 Å². The Labute approximate surface area is 146 Å². The van der Waals surface area contributed by atoms with Gasteiger partial charge in [-0.25, -0.2) is 5.48 Å². The Morgan fingerprint density at radius 1 is 1.20 bits per heavy atom. The second-order valence-electron chi connectivity index (χ2n) is 6.20. The van der Waals surface area contributed by atoms with Crippen molar-refractivity contribution in [1.82, 2.24) is 15.4 Å². The van der Waals surface area contributed by atoms with Gasteiger partial charge in [0.25, 0.3) is 11.8 Å². The molecule has 1 atom stereocenters. The Balaban J connectivity index is 1.74. The first kappa shape index (κ1) is 17.0. The van der Waals surface area contributed by atoms with Gasteiger partial charge in [-0.2, -0.15) is 0 Å². The maximum atomic E-state index is 12.6. The van der Waals surface area contributed by atoms with Gasteiger partial charge in [-0.05, 0) is 55.2 Å². The predicted molar refractivity (Wildman–Crippen MR) is 94.3 cm³/mol. The summed E-state index contributed by atoms with van der Waals surface area (Å²) in [4.78, 5) is 24.0. The Morgan fingerprint density at radius 2 is 1.92 bits per heavy atom. The second-order valence-corrected chi connectivity index (χ2v) is 6.20. The molecule has 1 aromatic heterocycles. The van der Waals surface area contributed by atoms with Crippen LogP contribution in [0.5, 0.6) is 0 Å². The molecule has 25 heavy (non-hydrogen) atoms. The number of rotatable bonds is 4. The number of carbonyl (C=O) groups is 2. The summed E-state index contributed by atoms with van der Waals surface area (Å²) in [5.41, 5.74) is 5.75. The zero-order valence-electron chi connectivity index (χ0n) is 14.2. The van der Waals surface area contributed by atoms with Crippen LogP contribution in [-0.2, 0) is 13.5 Å². The molecule has 1 unspecified atom stereocenters. The number of hydroxylamine groups is 1. The number of allylic oxidation sites excluding steroid dienone is 1. The molecule has 0 saturated heterocycles. The van der Waals surface area contributed by atoms with Crippen LogP contribution in [0, 0.1) is 0 Å². The van der Waals surface area contributed by atoms with Crippen molar-refractivity contribution >= 4 is 17.9 Å². The van der Waals surface area contributed by atoms with Crippen LogP contribution in [0.15, 0.2) is 36.4 Å². The number of nitrogens with zero attached hydrogens (tertiary/aromatic N) is 1. The fourth-order valence-electron chi connectivity index (χ4n) is 3.09. The van der Waals surface area contributed by atoms with Crippen LogP contribution >= 0.6 is 0 Å². The van der Waals surface area contributed by atoms with Gasteiger partial charge >= 0.3 is 0 Å². The molecular weight excluding hydrogens is 318 g/mol. The van der Waals surface area contributed by atoms with Crippen molar-refractivity contribution in [3.8, 4) is 0 Å². The minimum atomic E-state index is -0.564. The fourth-order valence-corrected chi connectivity index (χ4v) is 3.09. The van der Waals surface area contributed by atoms with Crippen LogP contribution in [0.2, 0.25) is 0 Å². The summed E-state index contributed by atoms with van der Waals surface area (Å²) in [5.74, 6) is -0.694. The molecule has 1 aliphatic rings. The smallest absolute Gasteiger partial charge is 0.274 e. The SMILES string of the molecule is CC(NC(=O)c1cc2c(n1C)C=CCC2)c1ccc(C(=O)NO)cc1. The standard InChI is InChI=1S/C19H21N3O3/c1-12(13-7-9-14(10-8-13)18(23)21-25)20-19(24)17-11-15-5-3-4-6-16(15)22(17)2/h4,6-12,25H,3,5H2,1-2H3,(H,20,24)(H,21,23). The van der Waals surface area contributed by atoms with E-state index in [1.54, 1.807) is 29.7 Å². The summed E-state index contributed by atoms with van der Waals surface area (Å²) in [6.07, 6.45) is 6.14. The number of hydrogen-bond donors (Lipinski definition) is 3. The lowest BCUT2D eigenvalue weighted by atomic mass is 10.0. The summed E-state index contributed by atoms with van der Waals surface area (Å²) >= 11 is 0. The van der Waals surface area contributed by atoms with E-state index in [9.17, 15) is 9.59 Å². The van der Waals surface area contributed by atoms with Crippen molar-refractivity contribution < 1.29 is 14.8 Å². The normalized spacial score (nSPS) is 13.9. The van der Waals surface area contributed by atoms with Gasteiger partial charge in [-0.3, -0.25) is 14.8 Å².